The van der Waals surface area contributed by atoms with Crippen LogP contribution in [0.4, 0.5) is 0 Å². The maximum atomic E-state index is 5.80. The van der Waals surface area contributed by atoms with E-state index in [0.29, 0.717) is 13.2 Å². The fourth-order valence-corrected chi connectivity index (χ4v) is 2.39. The van der Waals surface area contributed by atoms with Crippen LogP contribution in [0.2, 0.25) is 0 Å². The molecule has 1 unspecified atom stereocenters. The third-order valence-electron chi connectivity index (χ3n) is 3.64. The number of ether oxygens (including phenoxy) is 2. The van der Waals surface area contributed by atoms with Crippen molar-refractivity contribution in [1.82, 2.24) is 5.32 Å². The summed E-state index contributed by atoms with van der Waals surface area (Å²) in [6.07, 6.45) is 1.03. The van der Waals surface area contributed by atoms with Crippen LogP contribution in [-0.4, -0.2) is 26.9 Å². The summed E-state index contributed by atoms with van der Waals surface area (Å²) in [5, 5.41) is 3.57. The normalized spacial score (nSPS) is 12.1. The SMILES string of the molecule is COCCOc1ccccc1C(C)NCCc1ccccc1. The lowest BCUT2D eigenvalue weighted by Crippen LogP contribution is -2.22. The Kier molecular flexibility index (Phi) is 6.94. The molecule has 0 spiro atoms. The minimum Gasteiger partial charge on any atom is -0.491 e. The van der Waals surface area contributed by atoms with Crippen LogP contribution in [0.25, 0.3) is 0 Å². The number of methoxy groups -OCH3 is 1. The van der Waals surface area contributed by atoms with Gasteiger partial charge < -0.3 is 14.8 Å². The van der Waals surface area contributed by atoms with Crippen molar-refractivity contribution < 1.29 is 9.47 Å². The topological polar surface area (TPSA) is 30.5 Å². The molecule has 0 bridgehead atoms. The summed E-state index contributed by atoms with van der Waals surface area (Å²) in [4.78, 5) is 0. The zero-order valence-corrected chi connectivity index (χ0v) is 13.4. The minimum atomic E-state index is 0.252. The van der Waals surface area contributed by atoms with Crippen LogP contribution < -0.4 is 10.1 Å². The second-order valence-electron chi connectivity index (χ2n) is 5.29. The van der Waals surface area contributed by atoms with Crippen molar-refractivity contribution in [2.24, 2.45) is 0 Å². The van der Waals surface area contributed by atoms with Crippen molar-refractivity contribution in [2.45, 2.75) is 19.4 Å². The zero-order chi connectivity index (χ0) is 15.6. The second-order valence-corrected chi connectivity index (χ2v) is 5.29. The highest BCUT2D eigenvalue weighted by atomic mass is 16.5. The van der Waals surface area contributed by atoms with E-state index in [2.05, 4.69) is 42.6 Å². The first-order valence-corrected chi connectivity index (χ1v) is 7.79. The summed E-state index contributed by atoms with van der Waals surface area (Å²) >= 11 is 0. The number of rotatable bonds is 9. The van der Waals surface area contributed by atoms with Crippen LogP contribution in [0.3, 0.4) is 0 Å². The standard InChI is InChI=1S/C19H25NO2/c1-16(20-13-12-17-8-4-3-5-9-17)18-10-6-7-11-19(18)22-15-14-21-2/h3-11,16,20H,12-15H2,1-2H3. The Hall–Kier alpha value is -1.84. The molecule has 0 heterocycles. The van der Waals surface area contributed by atoms with Gasteiger partial charge in [0.2, 0.25) is 0 Å². The van der Waals surface area contributed by atoms with Gasteiger partial charge in [-0.1, -0.05) is 48.5 Å². The number of nitrogens with one attached hydrogen (secondary N) is 1. The van der Waals surface area contributed by atoms with E-state index >= 15 is 0 Å². The van der Waals surface area contributed by atoms with Crippen molar-refractivity contribution in [1.29, 1.82) is 0 Å². The molecule has 0 aromatic heterocycles. The van der Waals surface area contributed by atoms with Gasteiger partial charge in [0, 0.05) is 18.7 Å². The van der Waals surface area contributed by atoms with Crippen molar-refractivity contribution in [2.75, 3.05) is 26.9 Å². The first kappa shape index (κ1) is 16.5. The predicted octanol–water partition coefficient (Wildman–Crippen LogP) is 3.61. The molecule has 0 radical (unpaired) electrons. The van der Waals surface area contributed by atoms with Crippen LogP contribution in [-0.2, 0) is 11.2 Å². The first-order chi connectivity index (χ1) is 10.8. The van der Waals surface area contributed by atoms with Gasteiger partial charge >= 0.3 is 0 Å². The smallest absolute Gasteiger partial charge is 0.124 e. The molecule has 0 saturated heterocycles. The van der Waals surface area contributed by atoms with E-state index in [1.165, 1.54) is 11.1 Å². The summed E-state index contributed by atoms with van der Waals surface area (Å²) in [5.41, 5.74) is 2.54. The summed E-state index contributed by atoms with van der Waals surface area (Å²) < 4.78 is 10.8. The van der Waals surface area contributed by atoms with E-state index in [4.69, 9.17) is 9.47 Å². The van der Waals surface area contributed by atoms with Crippen molar-refractivity contribution in [3.8, 4) is 5.75 Å². The van der Waals surface area contributed by atoms with Gasteiger partial charge in [-0.25, -0.2) is 0 Å². The van der Waals surface area contributed by atoms with Crippen LogP contribution >= 0.6 is 0 Å². The van der Waals surface area contributed by atoms with Gasteiger partial charge in [-0.05, 0) is 31.5 Å². The molecule has 1 N–H and O–H groups in total. The lowest BCUT2D eigenvalue weighted by molar-refractivity contribution is 0.145. The molecule has 3 nitrogen and oxygen atoms in total. The maximum Gasteiger partial charge on any atom is 0.124 e. The van der Waals surface area contributed by atoms with E-state index in [1.807, 2.05) is 24.3 Å². The van der Waals surface area contributed by atoms with E-state index in [0.717, 1.165) is 18.7 Å². The Morgan fingerprint density at radius 1 is 0.955 bits per heavy atom. The molecule has 0 aliphatic carbocycles. The summed E-state index contributed by atoms with van der Waals surface area (Å²) in [6, 6.07) is 19.0. The molecule has 0 aliphatic heterocycles. The van der Waals surface area contributed by atoms with Gasteiger partial charge in [0.15, 0.2) is 0 Å². The average Bonchev–Trinajstić information content (AvgIpc) is 2.56. The molecule has 0 fully saturated rings. The lowest BCUT2D eigenvalue weighted by Gasteiger charge is -2.18. The number of hydrogen-bond donors (Lipinski definition) is 1. The molecule has 2 aromatic carbocycles. The summed E-state index contributed by atoms with van der Waals surface area (Å²) in [5.74, 6) is 0.930. The van der Waals surface area contributed by atoms with E-state index in [1.54, 1.807) is 7.11 Å². The fraction of sp³-hybridized carbons (Fsp3) is 0.368. The second kappa shape index (κ2) is 9.23. The third kappa shape index (κ3) is 5.17. The van der Waals surface area contributed by atoms with E-state index in [9.17, 15) is 0 Å². The van der Waals surface area contributed by atoms with Crippen LogP contribution in [0.5, 0.6) is 5.75 Å². The maximum absolute atomic E-state index is 5.80. The van der Waals surface area contributed by atoms with Gasteiger partial charge in [0.1, 0.15) is 12.4 Å². The Bertz CT molecular complexity index is 542. The lowest BCUT2D eigenvalue weighted by atomic mass is 10.1. The monoisotopic (exact) mass is 299 g/mol. The average molecular weight is 299 g/mol. The van der Waals surface area contributed by atoms with Gasteiger partial charge in [-0.3, -0.25) is 0 Å². The largest absolute Gasteiger partial charge is 0.491 e. The third-order valence-corrected chi connectivity index (χ3v) is 3.64. The van der Waals surface area contributed by atoms with Crippen LogP contribution in [0.15, 0.2) is 54.6 Å². The summed E-state index contributed by atoms with van der Waals surface area (Å²) in [6.45, 7) is 4.29. The summed E-state index contributed by atoms with van der Waals surface area (Å²) in [7, 11) is 1.68. The fourth-order valence-electron chi connectivity index (χ4n) is 2.39. The molecule has 22 heavy (non-hydrogen) atoms. The molecule has 0 saturated carbocycles. The van der Waals surface area contributed by atoms with Gasteiger partial charge in [0.05, 0.1) is 6.61 Å². The van der Waals surface area contributed by atoms with Crippen molar-refractivity contribution in [3.63, 3.8) is 0 Å². The Labute approximate surface area is 133 Å². The zero-order valence-electron chi connectivity index (χ0n) is 13.4. The highest BCUT2D eigenvalue weighted by Gasteiger charge is 2.10. The van der Waals surface area contributed by atoms with Crippen molar-refractivity contribution >= 4 is 0 Å². The van der Waals surface area contributed by atoms with E-state index in [-0.39, 0.29) is 6.04 Å². The Morgan fingerprint density at radius 2 is 1.68 bits per heavy atom. The molecule has 0 amide bonds. The number of hydrogen-bond acceptors (Lipinski definition) is 3. The van der Waals surface area contributed by atoms with Gasteiger partial charge in [-0.2, -0.15) is 0 Å². The minimum absolute atomic E-state index is 0.252. The molecule has 1 atom stereocenters. The van der Waals surface area contributed by atoms with Gasteiger partial charge in [0.25, 0.3) is 0 Å². The molecular weight excluding hydrogens is 274 g/mol. The molecule has 0 aliphatic rings. The molecule has 2 rings (SSSR count). The first-order valence-electron chi connectivity index (χ1n) is 7.79. The predicted molar refractivity (Wildman–Crippen MR) is 90.4 cm³/mol. The quantitative estimate of drug-likeness (QED) is 0.718. The van der Waals surface area contributed by atoms with Crippen LogP contribution in [0, 0.1) is 0 Å². The molecule has 2 aromatic rings. The number of benzene rings is 2. The van der Waals surface area contributed by atoms with Crippen molar-refractivity contribution in [3.05, 3.63) is 65.7 Å². The van der Waals surface area contributed by atoms with Crippen LogP contribution in [0.1, 0.15) is 24.1 Å². The van der Waals surface area contributed by atoms with Gasteiger partial charge in [-0.15, -0.1) is 0 Å². The van der Waals surface area contributed by atoms with E-state index < -0.39 is 0 Å². The Balaban J connectivity index is 1.87. The molecular formula is C19H25NO2. The highest BCUT2D eigenvalue weighted by Crippen LogP contribution is 2.24. The molecule has 118 valence electrons. The Morgan fingerprint density at radius 3 is 2.45 bits per heavy atom. The number of para-hydroxylation sites is 1. The molecule has 3 heteroatoms. The highest BCUT2D eigenvalue weighted by molar-refractivity contribution is 5.35.